The van der Waals surface area contributed by atoms with Crippen molar-refractivity contribution in [3.8, 4) is 0 Å². The summed E-state index contributed by atoms with van der Waals surface area (Å²) < 4.78 is 9.92. The summed E-state index contributed by atoms with van der Waals surface area (Å²) in [5, 5.41) is 0. The molecule has 0 aromatic heterocycles. The third-order valence-electron chi connectivity index (χ3n) is 1.29. The normalized spacial score (nSPS) is 12.1. The fraction of sp³-hybridized carbons (Fsp3) is 0.800. The van der Waals surface area contributed by atoms with Gasteiger partial charge in [-0.15, -0.1) is 0 Å². The average molecular weight is 202 g/mol. The van der Waals surface area contributed by atoms with E-state index in [0.717, 1.165) is 0 Å². The maximum absolute atomic E-state index is 11.5. The average Bonchev–Trinajstić information content (AvgIpc) is 1.79. The van der Waals surface area contributed by atoms with E-state index in [4.69, 9.17) is 9.47 Å². The number of carbonyl (C=O) groups excluding carboxylic acids is 2. The zero-order valence-electron chi connectivity index (χ0n) is 9.63. The van der Waals surface area contributed by atoms with Crippen molar-refractivity contribution < 1.29 is 19.1 Å². The van der Waals surface area contributed by atoms with Gasteiger partial charge in [0.25, 0.3) is 0 Å². The molecule has 0 radical (unpaired) electrons. The minimum Gasteiger partial charge on any atom is -0.457 e. The van der Waals surface area contributed by atoms with Gasteiger partial charge in [-0.3, -0.25) is 4.79 Å². The second-order valence-corrected chi connectivity index (χ2v) is 4.61. The molecule has 4 nitrogen and oxygen atoms in total. The summed E-state index contributed by atoms with van der Waals surface area (Å²) in [6.07, 6.45) is 0. The van der Waals surface area contributed by atoms with Crippen molar-refractivity contribution in [2.24, 2.45) is 0 Å². The lowest BCUT2D eigenvalue weighted by Gasteiger charge is -2.27. The summed E-state index contributed by atoms with van der Waals surface area (Å²) in [6, 6.07) is 0. The molecular formula is C10H18O4. The van der Waals surface area contributed by atoms with Crippen LogP contribution in [0.1, 0.15) is 41.5 Å². The van der Waals surface area contributed by atoms with Crippen LogP contribution in [-0.2, 0) is 19.1 Å². The lowest BCUT2D eigenvalue weighted by atomic mass is 10.1. The number of ether oxygens (including phenoxy) is 2. The molecule has 0 N–H and O–H groups in total. The highest BCUT2D eigenvalue weighted by molar-refractivity contribution is 5.82. The maximum Gasteiger partial charge on any atom is 0.350 e. The summed E-state index contributed by atoms with van der Waals surface area (Å²) in [7, 11) is 0. The van der Waals surface area contributed by atoms with E-state index in [2.05, 4.69) is 0 Å². The van der Waals surface area contributed by atoms with Gasteiger partial charge in [0.1, 0.15) is 5.60 Å². The number of hydrogen-bond donors (Lipinski definition) is 0. The van der Waals surface area contributed by atoms with Crippen molar-refractivity contribution in [2.45, 2.75) is 52.7 Å². The molecule has 4 heteroatoms. The molecule has 0 fully saturated rings. The fourth-order valence-corrected chi connectivity index (χ4v) is 0.802. The number of hydrogen-bond acceptors (Lipinski definition) is 4. The molecule has 82 valence electrons. The van der Waals surface area contributed by atoms with Gasteiger partial charge in [-0.05, 0) is 34.6 Å². The van der Waals surface area contributed by atoms with Crippen LogP contribution in [0.25, 0.3) is 0 Å². The molecular weight excluding hydrogens is 184 g/mol. The van der Waals surface area contributed by atoms with Crippen molar-refractivity contribution in [3.05, 3.63) is 0 Å². The monoisotopic (exact) mass is 202 g/mol. The number of rotatable bonds is 2. The minimum atomic E-state index is -1.22. The molecule has 14 heavy (non-hydrogen) atoms. The van der Waals surface area contributed by atoms with Crippen LogP contribution in [0, 0.1) is 0 Å². The number of esters is 2. The van der Waals surface area contributed by atoms with Crippen LogP contribution in [0.5, 0.6) is 0 Å². The first-order valence-corrected chi connectivity index (χ1v) is 4.47. The topological polar surface area (TPSA) is 52.6 Å². The van der Waals surface area contributed by atoms with E-state index in [1.165, 1.54) is 20.8 Å². The Balaban J connectivity index is 4.44. The van der Waals surface area contributed by atoms with Gasteiger partial charge in [-0.2, -0.15) is 0 Å². The largest absolute Gasteiger partial charge is 0.457 e. The third-order valence-corrected chi connectivity index (χ3v) is 1.29. The van der Waals surface area contributed by atoms with E-state index >= 15 is 0 Å². The smallest absolute Gasteiger partial charge is 0.350 e. The van der Waals surface area contributed by atoms with Crippen molar-refractivity contribution in [3.63, 3.8) is 0 Å². The van der Waals surface area contributed by atoms with Crippen molar-refractivity contribution in [1.82, 2.24) is 0 Å². The van der Waals surface area contributed by atoms with E-state index in [1.54, 1.807) is 20.8 Å². The Morgan fingerprint density at radius 2 is 1.36 bits per heavy atom. The lowest BCUT2D eigenvalue weighted by molar-refractivity contribution is -0.185. The molecule has 0 aliphatic heterocycles. The highest BCUT2D eigenvalue weighted by Crippen LogP contribution is 2.17. The Morgan fingerprint density at radius 3 is 1.64 bits per heavy atom. The van der Waals surface area contributed by atoms with Crippen LogP contribution in [0.15, 0.2) is 0 Å². The van der Waals surface area contributed by atoms with Crippen LogP contribution in [-0.4, -0.2) is 23.1 Å². The summed E-state index contributed by atoms with van der Waals surface area (Å²) >= 11 is 0. The predicted molar refractivity (Wildman–Crippen MR) is 51.7 cm³/mol. The van der Waals surface area contributed by atoms with Gasteiger partial charge in [0.05, 0.1) is 0 Å². The quantitative estimate of drug-likeness (QED) is 0.639. The molecule has 0 saturated carbocycles. The summed E-state index contributed by atoms with van der Waals surface area (Å²) in [5.74, 6) is -1.04. The molecule has 0 aromatic rings. The summed E-state index contributed by atoms with van der Waals surface area (Å²) in [6.45, 7) is 9.54. The Morgan fingerprint density at radius 1 is 0.929 bits per heavy atom. The van der Waals surface area contributed by atoms with E-state index in [1.807, 2.05) is 0 Å². The Hall–Kier alpha value is -1.06. The zero-order valence-corrected chi connectivity index (χ0v) is 9.63. The van der Waals surface area contributed by atoms with Gasteiger partial charge in [-0.25, -0.2) is 4.79 Å². The van der Waals surface area contributed by atoms with E-state index in [-0.39, 0.29) is 0 Å². The van der Waals surface area contributed by atoms with Gasteiger partial charge in [-0.1, -0.05) is 0 Å². The van der Waals surface area contributed by atoms with Crippen molar-refractivity contribution >= 4 is 11.9 Å². The molecule has 0 unspecified atom stereocenters. The first kappa shape index (κ1) is 12.9. The molecule has 0 aliphatic rings. The van der Waals surface area contributed by atoms with Crippen LogP contribution in [0.2, 0.25) is 0 Å². The number of carbonyl (C=O) groups is 2. The lowest BCUT2D eigenvalue weighted by Crippen LogP contribution is -2.41. The Kier molecular flexibility index (Phi) is 3.68. The Labute approximate surface area is 84.6 Å². The van der Waals surface area contributed by atoms with Crippen LogP contribution < -0.4 is 0 Å². The molecule has 0 atom stereocenters. The summed E-state index contributed by atoms with van der Waals surface area (Å²) in [4.78, 5) is 22.2. The van der Waals surface area contributed by atoms with E-state index < -0.39 is 23.1 Å². The van der Waals surface area contributed by atoms with Crippen molar-refractivity contribution in [2.75, 3.05) is 0 Å². The maximum atomic E-state index is 11.5. The van der Waals surface area contributed by atoms with Crippen molar-refractivity contribution in [1.29, 1.82) is 0 Å². The van der Waals surface area contributed by atoms with Gasteiger partial charge in [0.2, 0.25) is 5.60 Å². The Bertz CT molecular complexity index is 235. The first-order chi connectivity index (χ1) is 6.04. The van der Waals surface area contributed by atoms with Gasteiger partial charge < -0.3 is 9.47 Å². The zero-order chi connectivity index (χ0) is 11.6. The minimum absolute atomic E-state index is 0.499. The van der Waals surface area contributed by atoms with Crippen LogP contribution in [0.3, 0.4) is 0 Å². The van der Waals surface area contributed by atoms with Crippen LogP contribution in [0.4, 0.5) is 0 Å². The third kappa shape index (κ3) is 4.84. The molecule has 0 aromatic carbocycles. The molecule has 0 spiro atoms. The highest BCUT2D eigenvalue weighted by Gasteiger charge is 2.35. The van der Waals surface area contributed by atoms with Gasteiger partial charge in [0.15, 0.2) is 0 Å². The molecule has 0 amide bonds. The fourth-order valence-electron chi connectivity index (χ4n) is 0.802. The van der Waals surface area contributed by atoms with E-state index in [9.17, 15) is 9.59 Å². The molecule has 0 aliphatic carbocycles. The molecule has 0 rings (SSSR count). The highest BCUT2D eigenvalue weighted by atomic mass is 16.6. The standard InChI is InChI=1S/C10H18O4/c1-7(11)13-10(5,6)8(12)14-9(2,3)4/h1-6H3. The molecule has 0 bridgehead atoms. The van der Waals surface area contributed by atoms with E-state index in [0.29, 0.717) is 0 Å². The predicted octanol–water partition coefficient (Wildman–Crippen LogP) is 1.67. The molecule has 0 heterocycles. The second-order valence-electron chi connectivity index (χ2n) is 4.61. The summed E-state index contributed by atoms with van der Waals surface area (Å²) in [5.41, 5.74) is -1.80. The van der Waals surface area contributed by atoms with Gasteiger partial charge in [0, 0.05) is 6.92 Å². The van der Waals surface area contributed by atoms with Gasteiger partial charge >= 0.3 is 11.9 Å². The SMILES string of the molecule is CC(=O)OC(C)(C)C(=O)OC(C)(C)C. The second kappa shape index (κ2) is 3.98. The first-order valence-electron chi connectivity index (χ1n) is 4.47. The molecule has 0 saturated heterocycles. The van der Waals surface area contributed by atoms with Crippen LogP contribution >= 0.6 is 0 Å².